The van der Waals surface area contributed by atoms with Crippen LogP contribution in [0.25, 0.3) is 0 Å². The summed E-state index contributed by atoms with van der Waals surface area (Å²) < 4.78 is 24.5. The molecule has 0 amide bonds. The van der Waals surface area contributed by atoms with Gasteiger partial charge in [0.2, 0.25) is 0 Å². The van der Waals surface area contributed by atoms with Gasteiger partial charge < -0.3 is 53.5 Å². The van der Waals surface area contributed by atoms with Crippen LogP contribution in [0.4, 0.5) is 0 Å². The first-order valence-electron chi connectivity index (χ1n) is 11.9. The van der Waals surface area contributed by atoms with Crippen LogP contribution in [0, 0.1) is 0 Å². The molecule has 0 spiro atoms. The molecule has 0 radical (unpaired) electrons. The van der Waals surface area contributed by atoms with Gasteiger partial charge in [-0.2, -0.15) is 0 Å². The molecule has 3 atom stereocenters. The van der Waals surface area contributed by atoms with Crippen molar-refractivity contribution in [2.75, 3.05) is 33.0 Å². The Hall–Kier alpha value is 1.69. The maximum Gasteiger partial charge on any atom is 4.00 e. The Morgan fingerprint density at radius 2 is 0.757 bits per heavy atom. The Morgan fingerprint density at radius 3 is 0.865 bits per heavy atom. The van der Waals surface area contributed by atoms with E-state index in [4.69, 9.17) is 34.6 Å². The van der Waals surface area contributed by atoms with E-state index in [1.165, 1.54) is 6.92 Å². The van der Waals surface area contributed by atoms with Gasteiger partial charge in [-0.25, -0.2) is 9.03 Å². The predicted octanol–water partition coefficient (Wildman–Crippen LogP) is -0.149. The zero-order valence-corrected chi connectivity index (χ0v) is 29.7. The van der Waals surface area contributed by atoms with Gasteiger partial charge in [-0.15, -0.1) is 33.0 Å². The Bertz CT molecular complexity index is 326. The third-order valence-corrected chi connectivity index (χ3v) is 3.99. The molecule has 0 heterocycles. The van der Waals surface area contributed by atoms with Gasteiger partial charge in [0.25, 0.3) is 0 Å². The van der Waals surface area contributed by atoms with E-state index in [1.807, 2.05) is 13.8 Å². The maximum atomic E-state index is 9.85. The first-order chi connectivity index (χ1) is 16.2. The SMILES string of the molecule is CCC(C)OP(=O)([O-])[O-].CCC(C)O[P-]OC(C)CC.CC[O-].CC[O-].CC[O-].CC[O-].CC[O-].[Ti+4].[Ti+4]. The van der Waals surface area contributed by atoms with Crippen LogP contribution in [0.15, 0.2) is 0 Å². The third-order valence-electron chi connectivity index (χ3n) is 2.48. The molecule has 0 aromatic rings. The summed E-state index contributed by atoms with van der Waals surface area (Å²) in [5, 5.41) is 44.7. The second kappa shape index (κ2) is 61.6. The summed E-state index contributed by atoms with van der Waals surface area (Å²) in [5.74, 6) is 0. The first-order valence-corrected chi connectivity index (χ1v) is 14.1. The molecular weight excluding hydrogens is 598 g/mol. The molecule has 224 valence electrons. The van der Waals surface area contributed by atoms with Crippen molar-refractivity contribution >= 4 is 16.9 Å². The molecule has 11 nitrogen and oxygen atoms in total. The number of phosphoric ester groups is 1. The monoisotopic (exact) mass is 650 g/mol. The summed E-state index contributed by atoms with van der Waals surface area (Å²) in [7, 11) is -4.08. The van der Waals surface area contributed by atoms with Crippen LogP contribution in [0.1, 0.15) is 95.4 Å². The topological polar surface area (TPSA) is 206 Å². The van der Waals surface area contributed by atoms with E-state index in [0.29, 0.717) is 27.7 Å². The Morgan fingerprint density at radius 1 is 0.568 bits per heavy atom. The molecule has 0 saturated heterocycles. The van der Waals surface area contributed by atoms with E-state index in [1.54, 1.807) is 41.5 Å². The van der Waals surface area contributed by atoms with Crippen molar-refractivity contribution in [3.05, 3.63) is 0 Å². The molecule has 0 rings (SSSR count). The van der Waals surface area contributed by atoms with Crippen molar-refractivity contribution in [3.8, 4) is 0 Å². The molecule has 3 unspecified atom stereocenters. The Labute approximate surface area is 259 Å². The molecule has 0 aliphatic heterocycles. The van der Waals surface area contributed by atoms with E-state index in [9.17, 15) is 14.4 Å². The fraction of sp³-hybridized carbons (Fsp3) is 1.00. The molecule has 0 N–H and O–H groups in total. The summed E-state index contributed by atoms with van der Waals surface area (Å²) in [4.78, 5) is 19.7. The van der Waals surface area contributed by atoms with Crippen LogP contribution < -0.4 is 35.3 Å². The van der Waals surface area contributed by atoms with Crippen molar-refractivity contribution in [2.45, 2.75) is 114 Å². The van der Waals surface area contributed by atoms with Gasteiger partial charge in [0, 0.05) is 12.2 Å². The number of rotatable bonds is 9. The predicted molar refractivity (Wildman–Crippen MR) is 130 cm³/mol. The summed E-state index contributed by atoms with van der Waals surface area (Å²) in [6.07, 6.45) is 2.72. The van der Waals surface area contributed by atoms with E-state index in [-0.39, 0.29) is 76.5 Å². The number of phosphoric acid groups is 1. The van der Waals surface area contributed by atoms with Crippen molar-refractivity contribution in [3.63, 3.8) is 0 Å². The standard InChI is InChI=1S/C8H18O2P.C4H11O4P.5C2H5O.2Ti/c1-5-7(3)9-11-10-8(4)6-2;1-3-4(2)8-9(5,6)7;5*1-2-3;;/h7-8H,5-6H2,1-4H3;4H,3H2,1-2H3,(H2,5,6,7);5*2H2,1H3;;/q-1;;5*-1;2*+4/p-2. The molecular formula is C22H52O11P2Ti2. The molecule has 0 bridgehead atoms. The molecule has 15 heteroatoms. The van der Waals surface area contributed by atoms with E-state index >= 15 is 0 Å². The quantitative estimate of drug-likeness (QED) is 0.237. The van der Waals surface area contributed by atoms with E-state index in [2.05, 4.69) is 18.4 Å². The summed E-state index contributed by atoms with van der Waals surface area (Å²) in [6, 6.07) is 0. The molecule has 0 aliphatic rings. The van der Waals surface area contributed by atoms with Gasteiger partial charge in [0.05, 0.1) is 13.9 Å². The van der Waals surface area contributed by atoms with Crippen molar-refractivity contribution in [2.24, 2.45) is 0 Å². The average Bonchev–Trinajstić information content (AvgIpc) is 2.75. The molecule has 0 aromatic heterocycles. The second-order valence-electron chi connectivity index (χ2n) is 5.94. The fourth-order valence-corrected chi connectivity index (χ4v) is 1.85. The fourth-order valence-electron chi connectivity index (χ4n) is 0.616. The zero-order valence-electron chi connectivity index (χ0n) is 24.8. The van der Waals surface area contributed by atoms with Crippen LogP contribution in [0.3, 0.4) is 0 Å². The Balaban J connectivity index is -0.0000000386. The minimum Gasteiger partial charge on any atom is -0.855 e. The van der Waals surface area contributed by atoms with Crippen LogP contribution >= 0.6 is 16.9 Å². The number of hydrogen-bond donors (Lipinski definition) is 0. The van der Waals surface area contributed by atoms with Gasteiger partial charge in [-0.1, -0.05) is 55.4 Å². The third kappa shape index (κ3) is 137. The van der Waals surface area contributed by atoms with Crippen LogP contribution in [0.5, 0.6) is 0 Å². The average molecular weight is 650 g/mol. The van der Waals surface area contributed by atoms with Crippen molar-refractivity contribution < 1.29 is 96.9 Å². The maximum absolute atomic E-state index is 9.85. The number of hydrogen-bond acceptors (Lipinski definition) is 11. The summed E-state index contributed by atoms with van der Waals surface area (Å²) in [6.45, 7) is 19.4. The normalized spacial score (nSPS) is 11.4. The van der Waals surface area contributed by atoms with Crippen molar-refractivity contribution in [1.82, 2.24) is 0 Å². The summed E-state index contributed by atoms with van der Waals surface area (Å²) >= 11 is 0. The van der Waals surface area contributed by atoms with Gasteiger partial charge >= 0.3 is 43.4 Å². The van der Waals surface area contributed by atoms with Crippen LogP contribution in [-0.4, -0.2) is 51.3 Å². The summed E-state index contributed by atoms with van der Waals surface area (Å²) in [5.41, 5.74) is 0. The van der Waals surface area contributed by atoms with Gasteiger partial charge in [0.1, 0.15) is 0 Å². The van der Waals surface area contributed by atoms with E-state index in [0.717, 1.165) is 12.8 Å². The van der Waals surface area contributed by atoms with Gasteiger partial charge in [-0.05, 0) is 40.0 Å². The smallest absolute Gasteiger partial charge is 0.855 e. The zero-order chi connectivity index (χ0) is 29.7. The van der Waals surface area contributed by atoms with Gasteiger partial charge in [-0.3, -0.25) is 0 Å². The van der Waals surface area contributed by atoms with Gasteiger partial charge in [0.15, 0.2) is 0 Å². The molecule has 0 fully saturated rings. The second-order valence-corrected chi connectivity index (χ2v) is 7.61. The minimum absolute atomic E-state index is 0. The van der Waals surface area contributed by atoms with E-state index < -0.39 is 13.9 Å². The van der Waals surface area contributed by atoms with Crippen LogP contribution in [-0.2, 0) is 61.6 Å². The van der Waals surface area contributed by atoms with Crippen molar-refractivity contribution in [1.29, 1.82) is 0 Å². The van der Waals surface area contributed by atoms with Crippen LogP contribution in [0.2, 0.25) is 0 Å². The largest absolute Gasteiger partial charge is 4.00 e. The molecule has 37 heavy (non-hydrogen) atoms. The first kappa shape index (κ1) is 62.3. The molecule has 0 aliphatic carbocycles. The molecule has 0 saturated carbocycles. The molecule has 0 aromatic carbocycles. The minimum atomic E-state index is -4.74. The Kier molecular flexibility index (Phi) is 104.